The Labute approximate surface area is 155 Å². The van der Waals surface area contributed by atoms with E-state index in [0.717, 1.165) is 11.1 Å². The Morgan fingerprint density at radius 3 is 2.62 bits per heavy atom. The highest BCUT2D eigenvalue weighted by molar-refractivity contribution is 6.31. The van der Waals surface area contributed by atoms with Gasteiger partial charge < -0.3 is 20.6 Å². The number of hydrogen-bond acceptors (Lipinski definition) is 7. The number of aromatic nitrogens is 4. The van der Waals surface area contributed by atoms with E-state index in [9.17, 15) is 0 Å². The molecule has 1 heterocycles. The summed E-state index contributed by atoms with van der Waals surface area (Å²) < 4.78 is 11.6. The summed E-state index contributed by atoms with van der Waals surface area (Å²) in [5, 5.41) is 11.3. The average molecular weight is 375 g/mol. The summed E-state index contributed by atoms with van der Waals surface area (Å²) in [6.45, 7) is 3.22. The topological polar surface area (TPSA) is 100 Å². The first kappa shape index (κ1) is 17.8. The van der Waals surface area contributed by atoms with Gasteiger partial charge in [-0.3, -0.25) is 0 Å². The van der Waals surface area contributed by atoms with Crippen molar-refractivity contribution < 1.29 is 9.47 Å². The van der Waals surface area contributed by atoms with Gasteiger partial charge in [0.05, 0.1) is 13.2 Å². The van der Waals surface area contributed by atoms with Crippen molar-refractivity contribution in [1.29, 1.82) is 0 Å². The summed E-state index contributed by atoms with van der Waals surface area (Å²) in [5.74, 6) is 1.37. The summed E-state index contributed by atoms with van der Waals surface area (Å²) in [6.07, 6.45) is 0. The van der Waals surface area contributed by atoms with Crippen LogP contribution in [0.3, 0.4) is 0 Å². The van der Waals surface area contributed by atoms with E-state index in [1.165, 1.54) is 4.79 Å². The van der Waals surface area contributed by atoms with Gasteiger partial charge in [0.2, 0.25) is 0 Å². The molecule has 0 unspecified atom stereocenters. The van der Waals surface area contributed by atoms with Gasteiger partial charge in [0.1, 0.15) is 6.61 Å². The molecular weight excluding hydrogens is 356 g/mol. The Balaban J connectivity index is 1.75. The third-order valence-electron chi connectivity index (χ3n) is 3.56. The van der Waals surface area contributed by atoms with Crippen LogP contribution in [-0.4, -0.2) is 26.9 Å². The van der Waals surface area contributed by atoms with Gasteiger partial charge >= 0.3 is 0 Å². The van der Waals surface area contributed by atoms with E-state index in [-0.39, 0.29) is 5.95 Å². The minimum absolute atomic E-state index is 0.161. The van der Waals surface area contributed by atoms with E-state index in [2.05, 4.69) is 21.0 Å². The second-order valence-electron chi connectivity index (χ2n) is 5.38. The fraction of sp³-hybridized carbons (Fsp3) is 0.235. The molecule has 0 spiro atoms. The van der Waals surface area contributed by atoms with Crippen LogP contribution in [0.4, 0.5) is 5.95 Å². The molecule has 136 valence electrons. The summed E-state index contributed by atoms with van der Waals surface area (Å²) in [4.78, 5) is 1.27. The third kappa shape index (κ3) is 4.34. The molecule has 0 fully saturated rings. The number of ether oxygens (including phenoxy) is 2. The molecule has 0 saturated heterocycles. The van der Waals surface area contributed by atoms with Crippen molar-refractivity contribution in [3.8, 4) is 11.5 Å². The van der Waals surface area contributed by atoms with Gasteiger partial charge in [-0.25, -0.2) is 0 Å². The fourth-order valence-electron chi connectivity index (χ4n) is 2.30. The Bertz CT molecular complexity index is 856. The zero-order valence-electron chi connectivity index (χ0n) is 14.2. The van der Waals surface area contributed by atoms with Crippen LogP contribution in [-0.2, 0) is 13.2 Å². The van der Waals surface area contributed by atoms with Gasteiger partial charge in [0.25, 0.3) is 5.95 Å². The van der Waals surface area contributed by atoms with Crippen molar-refractivity contribution in [3.63, 3.8) is 0 Å². The number of benzene rings is 2. The average Bonchev–Trinajstić information content (AvgIpc) is 3.06. The SMILES string of the molecule is CCOc1cc(CNn2nnnc2N)c(Cl)cc1OCc1ccccc1. The lowest BCUT2D eigenvalue weighted by Crippen LogP contribution is -2.18. The van der Waals surface area contributed by atoms with Crippen LogP contribution in [0.5, 0.6) is 11.5 Å². The molecule has 0 saturated carbocycles. The van der Waals surface area contributed by atoms with Gasteiger partial charge in [-0.1, -0.05) is 47.0 Å². The monoisotopic (exact) mass is 374 g/mol. The second-order valence-corrected chi connectivity index (χ2v) is 5.79. The third-order valence-corrected chi connectivity index (χ3v) is 3.91. The van der Waals surface area contributed by atoms with Gasteiger partial charge in [-0.2, -0.15) is 0 Å². The molecule has 0 radical (unpaired) electrons. The standard InChI is InChI=1S/C17H19ClN6O2/c1-2-25-15-8-13(10-20-24-17(19)21-22-23-24)14(18)9-16(15)26-11-12-6-4-3-5-7-12/h3-9,20H,2,10-11H2,1H3,(H2,19,21,23). The van der Waals surface area contributed by atoms with Gasteiger partial charge in [0, 0.05) is 11.1 Å². The van der Waals surface area contributed by atoms with Gasteiger partial charge in [-0.15, -0.1) is 4.79 Å². The number of nitrogens with two attached hydrogens (primary N) is 1. The van der Waals surface area contributed by atoms with Crippen LogP contribution in [0.1, 0.15) is 18.1 Å². The molecule has 2 aromatic carbocycles. The fourth-order valence-corrected chi connectivity index (χ4v) is 2.52. The number of hydrogen-bond donors (Lipinski definition) is 2. The summed E-state index contributed by atoms with van der Waals surface area (Å²) in [5.41, 5.74) is 10.5. The Hall–Kier alpha value is -3.00. The van der Waals surface area contributed by atoms with Crippen molar-refractivity contribution in [2.45, 2.75) is 20.1 Å². The lowest BCUT2D eigenvalue weighted by molar-refractivity contribution is 0.269. The van der Waals surface area contributed by atoms with Gasteiger partial charge in [-0.05, 0) is 34.5 Å². The number of nitrogens with zero attached hydrogens (tertiary/aromatic N) is 4. The van der Waals surface area contributed by atoms with Crippen molar-refractivity contribution in [2.75, 3.05) is 17.8 Å². The first-order valence-electron chi connectivity index (χ1n) is 8.07. The predicted molar refractivity (Wildman–Crippen MR) is 98.7 cm³/mol. The Morgan fingerprint density at radius 2 is 1.92 bits per heavy atom. The number of rotatable bonds is 8. The van der Waals surface area contributed by atoms with E-state index in [0.29, 0.717) is 36.3 Å². The lowest BCUT2D eigenvalue weighted by atomic mass is 10.2. The number of anilines is 1. The normalized spacial score (nSPS) is 10.5. The molecule has 3 N–H and O–H groups in total. The van der Waals surface area contributed by atoms with E-state index in [1.807, 2.05) is 43.3 Å². The molecule has 0 bridgehead atoms. The number of nitrogen functional groups attached to an aromatic ring is 1. The highest BCUT2D eigenvalue weighted by Gasteiger charge is 2.12. The molecule has 0 aliphatic carbocycles. The molecule has 26 heavy (non-hydrogen) atoms. The summed E-state index contributed by atoms with van der Waals surface area (Å²) in [6, 6.07) is 13.5. The summed E-state index contributed by atoms with van der Waals surface area (Å²) in [7, 11) is 0. The van der Waals surface area contributed by atoms with E-state index in [1.54, 1.807) is 6.07 Å². The molecule has 1 aromatic heterocycles. The van der Waals surface area contributed by atoms with Crippen molar-refractivity contribution in [1.82, 2.24) is 20.3 Å². The van der Waals surface area contributed by atoms with Crippen LogP contribution >= 0.6 is 11.6 Å². The molecule has 8 nitrogen and oxygen atoms in total. The number of tetrazole rings is 1. The summed E-state index contributed by atoms with van der Waals surface area (Å²) >= 11 is 6.40. The smallest absolute Gasteiger partial charge is 0.260 e. The molecular formula is C17H19ClN6O2. The maximum absolute atomic E-state index is 6.40. The molecule has 9 heteroatoms. The lowest BCUT2D eigenvalue weighted by Gasteiger charge is -2.15. The largest absolute Gasteiger partial charge is 0.490 e. The van der Waals surface area contributed by atoms with Crippen LogP contribution in [0.2, 0.25) is 5.02 Å². The van der Waals surface area contributed by atoms with Crippen molar-refractivity contribution in [2.24, 2.45) is 0 Å². The Kier molecular flexibility index (Phi) is 5.75. The Morgan fingerprint density at radius 1 is 1.15 bits per heavy atom. The van der Waals surface area contributed by atoms with E-state index < -0.39 is 0 Å². The maximum atomic E-state index is 6.40. The number of halogens is 1. The van der Waals surface area contributed by atoms with Crippen LogP contribution < -0.4 is 20.6 Å². The first-order valence-corrected chi connectivity index (χ1v) is 8.45. The van der Waals surface area contributed by atoms with E-state index in [4.69, 9.17) is 26.8 Å². The van der Waals surface area contributed by atoms with Crippen LogP contribution in [0, 0.1) is 0 Å². The number of nitrogens with one attached hydrogen (secondary N) is 1. The van der Waals surface area contributed by atoms with Crippen molar-refractivity contribution >= 4 is 17.5 Å². The minimum Gasteiger partial charge on any atom is -0.490 e. The molecule has 3 rings (SSSR count). The van der Waals surface area contributed by atoms with Crippen LogP contribution in [0.15, 0.2) is 42.5 Å². The molecule has 0 aliphatic rings. The van der Waals surface area contributed by atoms with E-state index >= 15 is 0 Å². The van der Waals surface area contributed by atoms with Crippen molar-refractivity contribution in [3.05, 3.63) is 58.6 Å². The van der Waals surface area contributed by atoms with Gasteiger partial charge in [0.15, 0.2) is 11.5 Å². The quantitative estimate of drug-likeness (QED) is 0.625. The zero-order chi connectivity index (χ0) is 18.4. The molecule has 0 atom stereocenters. The predicted octanol–water partition coefficient (Wildman–Crippen LogP) is 2.63. The molecule has 3 aromatic rings. The van der Waals surface area contributed by atoms with Crippen LogP contribution in [0.25, 0.3) is 0 Å². The maximum Gasteiger partial charge on any atom is 0.260 e. The zero-order valence-corrected chi connectivity index (χ0v) is 15.0. The molecule has 0 aliphatic heterocycles. The minimum atomic E-state index is 0.161. The highest BCUT2D eigenvalue weighted by atomic mass is 35.5. The highest BCUT2D eigenvalue weighted by Crippen LogP contribution is 2.34. The second kappa shape index (κ2) is 8.39. The molecule has 0 amide bonds. The first-order chi connectivity index (χ1) is 12.7.